The van der Waals surface area contributed by atoms with Gasteiger partial charge >= 0.3 is 0 Å². The lowest BCUT2D eigenvalue weighted by Crippen LogP contribution is -2.50. The van der Waals surface area contributed by atoms with Crippen molar-refractivity contribution < 1.29 is 9.47 Å². The number of hydrogen-bond acceptors (Lipinski definition) is 5. The first kappa shape index (κ1) is 23.1. The molecule has 2 rings (SSSR count). The quantitative estimate of drug-likeness (QED) is 0.366. The van der Waals surface area contributed by atoms with Gasteiger partial charge in [0, 0.05) is 40.3 Å². The fourth-order valence-electron chi connectivity index (χ4n) is 2.99. The topological polar surface area (TPSA) is 85.6 Å². The Kier molecular flexibility index (Phi) is 9.25. The molecule has 26 heavy (non-hydrogen) atoms. The predicted octanol–water partition coefficient (Wildman–Crippen LogP) is 1.58. The van der Waals surface area contributed by atoms with Gasteiger partial charge in [-0.2, -0.15) is 5.10 Å². The highest BCUT2D eigenvalue weighted by molar-refractivity contribution is 14.0. The second-order valence-electron chi connectivity index (χ2n) is 7.48. The van der Waals surface area contributed by atoms with Gasteiger partial charge in [0.2, 0.25) is 0 Å². The molecule has 1 aliphatic rings. The van der Waals surface area contributed by atoms with Crippen molar-refractivity contribution in [3.63, 3.8) is 0 Å². The van der Waals surface area contributed by atoms with Gasteiger partial charge in [-0.15, -0.1) is 24.0 Å². The summed E-state index contributed by atoms with van der Waals surface area (Å²) in [5, 5.41) is 11.4. The maximum Gasteiger partial charge on any atom is 0.191 e. The lowest BCUT2D eigenvalue weighted by molar-refractivity contribution is 0.0205. The van der Waals surface area contributed by atoms with Crippen LogP contribution < -0.4 is 10.6 Å². The highest BCUT2D eigenvalue weighted by Gasteiger charge is 2.26. The van der Waals surface area contributed by atoms with E-state index in [1.165, 1.54) is 0 Å². The molecule has 1 aromatic heterocycles. The average molecular weight is 480 g/mol. The van der Waals surface area contributed by atoms with Gasteiger partial charge in [-0.3, -0.25) is 4.99 Å². The van der Waals surface area contributed by atoms with E-state index in [1.54, 1.807) is 21.3 Å². The van der Waals surface area contributed by atoms with Crippen LogP contribution >= 0.6 is 24.0 Å². The van der Waals surface area contributed by atoms with E-state index in [9.17, 15) is 0 Å². The number of ether oxygens (including phenoxy) is 2. The van der Waals surface area contributed by atoms with Crippen LogP contribution in [0.15, 0.2) is 4.99 Å². The molecule has 0 aliphatic carbocycles. The van der Waals surface area contributed by atoms with Gasteiger partial charge < -0.3 is 20.1 Å². The maximum absolute atomic E-state index is 5.59. The summed E-state index contributed by atoms with van der Waals surface area (Å²) >= 11 is 0. The Labute approximate surface area is 173 Å². The summed E-state index contributed by atoms with van der Waals surface area (Å²) in [5.74, 6) is 2.56. The predicted molar refractivity (Wildman–Crippen MR) is 113 cm³/mol. The van der Waals surface area contributed by atoms with Gasteiger partial charge in [-0.05, 0) is 11.8 Å². The van der Waals surface area contributed by atoms with Crippen LogP contribution in [0.3, 0.4) is 0 Å². The second-order valence-corrected chi connectivity index (χ2v) is 7.48. The zero-order chi connectivity index (χ0) is 18.4. The van der Waals surface area contributed by atoms with Crippen LogP contribution in [0.5, 0.6) is 0 Å². The molecule has 2 heterocycles. The molecule has 0 spiro atoms. The van der Waals surface area contributed by atoms with E-state index in [4.69, 9.17) is 9.47 Å². The number of nitrogens with zero attached hydrogens (tertiary/aromatic N) is 4. The Bertz CT molecular complexity index is 584. The van der Waals surface area contributed by atoms with E-state index < -0.39 is 0 Å². The lowest BCUT2D eigenvalue weighted by Gasteiger charge is -2.31. The van der Waals surface area contributed by atoms with Crippen LogP contribution in [0, 0.1) is 5.41 Å². The van der Waals surface area contributed by atoms with E-state index >= 15 is 0 Å². The van der Waals surface area contributed by atoms with E-state index in [2.05, 4.69) is 46.5 Å². The van der Waals surface area contributed by atoms with Gasteiger partial charge in [-0.25, -0.2) is 9.67 Å². The number of aromatic nitrogens is 3. The molecule has 0 aromatic carbocycles. The molecule has 0 bridgehead atoms. The molecule has 1 aromatic rings. The number of aliphatic imine (C=N–C) groups is 1. The first-order valence-electron chi connectivity index (χ1n) is 8.79. The van der Waals surface area contributed by atoms with E-state index in [1.807, 2.05) is 4.68 Å². The average Bonchev–Trinajstić information content (AvgIpc) is 2.95. The van der Waals surface area contributed by atoms with Crippen LogP contribution in [0.25, 0.3) is 0 Å². The Morgan fingerprint density at radius 3 is 2.69 bits per heavy atom. The smallest absolute Gasteiger partial charge is 0.191 e. The minimum atomic E-state index is 0. The van der Waals surface area contributed by atoms with E-state index in [0.717, 1.165) is 37.0 Å². The van der Waals surface area contributed by atoms with Gasteiger partial charge in [0.15, 0.2) is 11.8 Å². The Hall–Kier alpha value is -0.940. The molecule has 2 N–H and O–H groups in total. The second kappa shape index (κ2) is 10.4. The third-order valence-electron chi connectivity index (χ3n) is 4.45. The zero-order valence-corrected chi connectivity index (χ0v) is 19.0. The molecule has 150 valence electrons. The Balaban J connectivity index is 0.00000338. The number of guanidine groups is 1. The summed E-state index contributed by atoms with van der Waals surface area (Å²) < 4.78 is 12.7. The summed E-state index contributed by atoms with van der Waals surface area (Å²) in [6, 6.07) is 0.270. The summed E-state index contributed by atoms with van der Waals surface area (Å²) in [7, 11) is 5.19. The minimum Gasteiger partial charge on any atom is -0.379 e. The third-order valence-corrected chi connectivity index (χ3v) is 4.45. The molecule has 9 heteroatoms. The molecule has 0 saturated carbocycles. The number of nitrogens with one attached hydrogen (secondary N) is 2. The highest BCUT2D eigenvalue weighted by atomic mass is 127. The maximum atomic E-state index is 5.59. The fraction of sp³-hybridized carbons (Fsp3) is 0.824. The molecule has 0 radical (unpaired) electrons. The van der Waals surface area contributed by atoms with Gasteiger partial charge in [0.1, 0.15) is 12.4 Å². The molecular formula is C17H33IN6O2. The van der Waals surface area contributed by atoms with Crippen LogP contribution in [0.2, 0.25) is 0 Å². The molecule has 0 saturated heterocycles. The van der Waals surface area contributed by atoms with Crippen molar-refractivity contribution in [2.75, 3.05) is 27.8 Å². The number of fused-ring (bicyclic) bond motifs is 1. The normalized spacial score (nSPS) is 18.7. The SMILES string of the molecule is CN=C(NCC(OC)C(C)(C)C)NC1CCc2nc(COC)nn2C1.I. The summed E-state index contributed by atoms with van der Waals surface area (Å²) in [6.45, 7) is 8.45. The van der Waals surface area contributed by atoms with E-state index in [-0.39, 0.29) is 41.5 Å². The molecule has 0 amide bonds. The number of hydrogen-bond donors (Lipinski definition) is 2. The first-order valence-corrected chi connectivity index (χ1v) is 8.79. The molecular weight excluding hydrogens is 447 g/mol. The number of aryl methyl sites for hydroxylation is 1. The number of rotatable bonds is 6. The van der Waals surface area contributed by atoms with Crippen molar-refractivity contribution in [2.45, 2.75) is 58.9 Å². The van der Waals surface area contributed by atoms with Gasteiger partial charge in [-0.1, -0.05) is 20.8 Å². The van der Waals surface area contributed by atoms with Crippen LogP contribution in [-0.4, -0.2) is 60.7 Å². The highest BCUT2D eigenvalue weighted by Crippen LogP contribution is 2.21. The van der Waals surface area contributed by atoms with Crippen molar-refractivity contribution in [3.05, 3.63) is 11.6 Å². The standard InChI is InChI=1S/C17H32N6O2.HI/c1-17(2,3)13(25-6)9-19-16(18-4)20-12-7-8-15-21-14(11-24-5)22-23(15)10-12;/h12-13H,7-11H2,1-6H3,(H2,18,19,20);1H. The molecule has 0 fully saturated rings. The summed E-state index contributed by atoms with van der Waals surface area (Å²) in [5.41, 5.74) is 0.0683. The van der Waals surface area contributed by atoms with Crippen molar-refractivity contribution in [3.8, 4) is 0 Å². The Morgan fingerprint density at radius 1 is 1.38 bits per heavy atom. The first-order chi connectivity index (χ1) is 11.9. The monoisotopic (exact) mass is 480 g/mol. The van der Waals surface area contributed by atoms with Crippen LogP contribution in [-0.2, 0) is 29.0 Å². The van der Waals surface area contributed by atoms with E-state index in [0.29, 0.717) is 13.2 Å². The summed E-state index contributed by atoms with van der Waals surface area (Å²) in [4.78, 5) is 8.84. The lowest BCUT2D eigenvalue weighted by atomic mass is 9.89. The Morgan fingerprint density at radius 2 is 2.12 bits per heavy atom. The van der Waals surface area contributed by atoms with Crippen LogP contribution in [0.1, 0.15) is 38.8 Å². The molecule has 8 nitrogen and oxygen atoms in total. The zero-order valence-electron chi connectivity index (χ0n) is 16.7. The molecule has 1 aliphatic heterocycles. The van der Waals surface area contributed by atoms with Crippen LogP contribution in [0.4, 0.5) is 0 Å². The molecule has 2 atom stereocenters. The largest absolute Gasteiger partial charge is 0.379 e. The van der Waals surface area contributed by atoms with Crippen molar-refractivity contribution >= 4 is 29.9 Å². The fourth-order valence-corrected chi connectivity index (χ4v) is 2.99. The van der Waals surface area contributed by atoms with Crippen molar-refractivity contribution in [2.24, 2.45) is 10.4 Å². The van der Waals surface area contributed by atoms with Crippen molar-refractivity contribution in [1.82, 2.24) is 25.4 Å². The van der Waals surface area contributed by atoms with Gasteiger partial charge in [0.25, 0.3) is 0 Å². The minimum absolute atomic E-state index is 0. The van der Waals surface area contributed by atoms with Gasteiger partial charge in [0.05, 0.1) is 12.6 Å². The molecule has 2 unspecified atom stereocenters. The summed E-state index contributed by atoms with van der Waals surface area (Å²) in [6.07, 6.45) is 2.00. The third kappa shape index (κ3) is 6.34. The number of methoxy groups -OCH3 is 2. The van der Waals surface area contributed by atoms with Crippen molar-refractivity contribution in [1.29, 1.82) is 0 Å². The number of halogens is 1.